The van der Waals surface area contributed by atoms with E-state index in [1.807, 2.05) is 6.92 Å². The molecule has 12 heavy (non-hydrogen) atoms. The van der Waals surface area contributed by atoms with Gasteiger partial charge in [-0.1, -0.05) is 20.3 Å². The first kappa shape index (κ1) is 8.09. The molecule has 1 heterocycles. The van der Waals surface area contributed by atoms with Crippen LogP contribution in [0.4, 0.5) is 0 Å². The van der Waals surface area contributed by atoms with Crippen LogP contribution < -0.4 is 0 Å². The molecule has 0 radical (unpaired) electrons. The van der Waals surface area contributed by atoms with Crippen LogP contribution in [-0.4, -0.2) is 12.1 Å². The van der Waals surface area contributed by atoms with Crippen molar-refractivity contribution in [1.29, 1.82) is 0 Å². The number of hydrogen-bond acceptors (Lipinski definition) is 2. The van der Waals surface area contributed by atoms with E-state index in [0.717, 1.165) is 12.3 Å². The van der Waals surface area contributed by atoms with E-state index in [-0.39, 0.29) is 18.0 Å². The van der Waals surface area contributed by atoms with Gasteiger partial charge in [-0.25, -0.2) is 0 Å². The largest absolute Gasteiger partial charge is 0.462 e. The minimum Gasteiger partial charge on any atom is -0.462 e. The van der Waals surface area contributed by atoms with Crippen molar-refractivity contribution in [3.8, 4) is 0 Å². The number of carbonyl (C=O) groups excluding carboxylic acids is 1. The molecule has 68 valence electrons. The molecule has 0 N–H and O–H groups in total. The molecule has 2 nitrogen and oxygen atoms in total. The van der Waals surface area contributed by atoms with Crippen LogP contribution in [-0.2, 0) is 9.53 Å². The number of rotatable bonds is 0. The van der Waals surface area contributed by atoms with Gasteiger partial charge in [-0.2, -0.15) is 0 Å². The summed E-state index contributed by atoms with van der Waals surface area (Å²) in [6, 6.07) is 0. The van der Waals surface area contributed by atoms with Gasteiger partial charge in [-0.05, 0) is 18.8 Å². The molecule has 2 fully saturated rings. The quantitative estimate of drug-likeness (QED) is 0.517. The molecule has 4 atom stereocenters. The Hall–Kier alpha value is -0.530. The van der Waals surface area contributed by atoms with Crippen molar-refractivity contribution in [1.82, 2.24) is 0 Å². The Morgan fingerprint density at radius 2 is 2.08 bits per heavy atom. The Kier molecular flexibility index (Phi) is 1.85. The lowest BCUT2D eigenvalue weighted by molar-refractivity contribution is -0.144. The fraction of sp³-hybridized carbons (Fsp3) is 0.900. The molecule has 1 saturated carbocycles. The minimum atomic E-state index is 0.0269. The van der Waals surface area contributed by atoms with Crippen molar-refractivity contribution in [2.75, 3.05) is 0 Å². The van der Waals surface area contributed by atoms with E-state index < -0.39 is 0 Å². The summed E-state index contributed by atoms with van der Waals surface area (Å²) < 4.78 is 5.31. The molecule has 0 bridgehead atoms. The maximum Gasteiger partial charge on any atom is 0.309 e. The molecule has 2 rings (SSSR count). The van der Waals surface area contributed by atoms with Gasteiger partial charge in [0.05, 0.1) is 5.92 Å². The van der Waals surface area contributed by atoms with Gasteiger partial charge in [0.1, 0.15) is 6.10 Å². The molecule has 0 spiro atoms. The van der Waals surface area contributed by atoms with Gasteiger partial charge >= 0.3 is 5.97 Å². The van der Waals surface area contributed by atoms with Crippen LogP contribution in [0.5, 0.6) is 0 Å². The Bertz CT molecular complexity index is 200. The predicted octanol–water partition coefficient (Wildman–Crippen LogP) is 1.98. The zero-order chi connectivity index (χ0) is 8.72. The summed E-state index contributed by atoms with van der Waals surface area (Å²) in [6.45, 7) is 4.25. The first-order valence-corrected chi connectivity index (χ1v) is 4.89. The number of carbonyl (C=O) groups is 1. The Balaban J connectivity index is 2.09. The average molecular weight is 168 g/mol. The Morgan fingerprint density at radius 1 is 1.33 bits per heavy atom. The van der Waals surface area contributed by atoms with E-state index in [0.29, 0.717) is 5.92 Å². The van der Waals surface area contributed by atoms with Gasteiger partial charge in [0, 0.05) is 5.92 Å². The molecule has 1 aliphatic heterocycles. The van der Waals surface area contributed by atoms with E-state index >= 15 is 0 Å². The third-order valence-corrected chi connectivity index (χ3v) is 3.39. The molecular weight excluding hydrogens is 152 g/mol. The summed E-state index contributed by atoms with van der Waals surface area (Å²) in [5, 5.41) is 0. The zero-order valence-electron chi connectivity index (χ0n) is 7.75. The Labute approximate surface area is 73.3 Å². The average Bonchev–Trinajstić information content (AvgIpc) is 2.28. The molecule has 1 saturated heterocycles. The number of hydrogen-bond donors (Lipinski definition) is 0. The van der Waals surface area contributed by atoms with Crippen molar-refractivity contribution < 1.29 is 9.53 Å². The number of esters is 1. The summed E-state index contributed by atoms with van der Waals surface area (Å²) in [6.07, 6.45) is 3.78. The van der Waals surface area contributed by atoms with Gasteiger partial charge in [0.2, 0.25) is 0 Å². The van der Waals surface area contributed by atoms with Crippen molar-refractivity contribution in [2.24, 2.45) is 17.8 Å². The van der Waals surface area contributed by atoms with Crippen LogP contribution in [0.25, 0.3) is 0 Å². The normalized spacial score (nSPS) is 47.0. The monoisotopic (exact) mass is 168 g/mol. The van der Waals surface area contributed by atoms with Crippen LogP contribution in [0.15, 0.2) is 0 Å². The van der Waals surface area contributed by atoms with Crippen molar-refractivity contribution >= 4 is 5.97 Å². The summed E-state index contributed by atoms with van der Waals surface area (Å²) in [5.41, 5.74) is 0. The van der Waals surface area contributed by atoms with Crippen LogP contribution >= 0.6 is 0 Å². The van der Waals surface area contributed by atoms with Gasteiger partial charge in [0.25, 0.3) is 0 Å². The van der Waals surface area contributed by atoms with Crippen molar-refractivity contribution in [2.45, 2.75) is 39.2 Å². The summed E-state index contributed by atoms with van der Waals surface area (Å²) in [5.74, 6) is 1.44. The highest BCUT2D eigenvalue weighted by Crippen LogP contribution is 2.40. The van der Waals surface area contributed by atoms with Crippen LogP contribution in [0, 0.1) is 17.8 Å². The molecule has 2 aliphatic rings. The second-order valence-corrected chi connectivity index (χ2v) is 4.35. The maximum absolute atomic E-state index is 11.2. The fourth-order valence-corrected chi connectivity index (χ4v) is 2.49. The van der Waals surface area contributed by atoms with E-state index in [1.165, 1.54) is 12.8 Å². The van der Waals surface area contributed by atoms with Crippen molar-refractivity contribution in [3.63, 3.8) is 0 Å². The predicted molar refractivity (Wildman–Crippen MR) is 45.5 cm³/mol. The SMILES string of the molecule is C[C@H]1CC[C@H]2[C@H](C)C(=O)O[C@@H]2C1. The molecule has 0 aromatic carbocycles. The first-order valence-electron chi connectivity index (χ1n) is 4.89. The third-order valence-electron chi connectivity index (χ3n) is 3.39. The van der Waals surface area contributed by atoms with Gasteiger partial charge in [0.15, 0.2) is 0 Å². The van der Waals surface area contributed by atoms with Crippen LogP contribution in [0.1, 0.15) is 33.1 Å². The minimum absolute atomic E-state index is 0.0269. The Morgan fingerprint density at radius 3 is 2.83 bits per heavy atom. The molecule has 1 aliphatic carbocycles. The lowest BCUT2D eigenvalue weighted by Crippen LogP contribution is -2.27. The highest BCUT2D eigenvalue weighted by Gasteiger charge is 2.43. The summed E-state index contributed by atoms with van der Waals surface area (Å²) in [4.78, 5) is 11.2. The topological polar surface area (TPSA) is 26.3 Å². The number of ether oxygens (including phenoxy) is 1. The van der Waals surface area contributed by atoms with E-state index in [2.05, 4.69) is 6.92 Å². The summed E-state index contributed by atoms with van der Waals surface area (Å²) in [7, 11) is 0. The molecule has 0 amide bonds. The highest BCUT2D eigenvalue weighted by molar-refractivity contribution is 5.74. The maximum atomic E-state index is 11.2. The zero-order valence-corrected chi connectivity index (χ0v) is 7.75. The van der Waals surface area contributed by atoms with Gasteiger partial charge < -0.3 is 4.74 Å². The molecule has 0 aromatic rings. The molecule has 0 unspecified atom stereocenters. The van der Waals surface area contributed by atoms with Gasteiger partial charge in [-0.3, -0.25) is 4.79 Å². The summed E-state index contributed by atoms with van der Waals surface area (Å²) >= 11 is 0. The molecule has 0 aromatic heterocycles. The lowest BCUT2D eigenvalue weighted by atomic mass is 9.77. The first-order chi connectivity index (χ1) is 5.68. The third kappa shape index (κ3) is 1.13. The molecular formula is C10H16O2. The van der Waals surface area contributed by atoms with Gasteiger partial charge in [-0.15, -0.1) is 0 Å². The molecule has 2 heteroatoms. The smallest absolute Gasteiger partial charge is 0.309 e. The van der Waals surface area contributed by atoms with Crippen LogP contribution in [0.2, 0.25) is 0 Å². The standard InChI is InChI=1S/C10H16O2/c1-6-3-4-8-7(2)10(11)12-9(8)5-6/h6-9H,3-5H2,1-2H3/t6-,7-,8-,9+/m0/s1. The van der Waals surface area contributed by atoms with E-state index in [1.54, 1.807) is 0 Å². The fourth-order valence-electron chi connectivity index (χ4n) is 2.49. The number of fused-ring (bicyclic) bond motifs is 1. The second-order valence-electron chi connectivity index (χ2n) is 4.35. The second kappa shape index (κ2) is 2.75. The van der Waals surface area contributed by atoms with E-state index in [9.17, 15) is 4.79 Å². The highest BCUT2D eigenvalue weighted by atomic mass is 16.6. The van der Waals surface area contributed by atoms with Crippen LogP contribution in [0.3, 0.4) is 0 Å². The van der Waals surface area contributed by atoms with E-state index in [4.69, 9.17) is 4.74 Å². The van der Waals surface area contributed by atoms with Crippen molar-refractivity contribution in [3.05, 3.63) is 0 Å². The lowest BCUT2D eigenvalue weighted by Gasteiger charge is -2.28.